The van der Waals surface area contributed by atoms with E-state index in [-0.39, 0.29) is 19.2 Å². The predicted molar refractivity (Wildman–Crippen MR) is 83.3 cm³/mol. The average molecular weight is 314 g/mol. The largest absolute Gasteiger partial charge is 0.478 e. The molecule has 0 radical (unpaired) electrons. The van der Waals surface area contributed by atoms with Gasteiger partial charge in [-0.1, -0.05) is 12.7 Å². The topological polar surface area (TPSA) is 89.9 Å². The lowest BCUT2D eigenvalue weighted by molar-refractivity contribution is -0.157. The molecule has 6 nitrogen and oxygen atoms in total. The highest BCUT2D eigenvalue weighted by Crippen LogP contribution is 2.14. The zero-order valence-electron chi connectivity index (χ0n) is 14.2. The smallest absolute Gasteiger partial charge is 0.333 e. The lowest BCUT2D eigenvalue weighted by Crippen LogP contribution is -2.25. The van der Waals surface area contributed by atoms with Crippen molar-refractivity contribution >= 4 is 17.9 Å². The molecular weight excluding hydrogens is 288 g/mol. The molecular formula is C16H26O6. The van der Waals surface area contributed by atoms with Crippen molar-refractivity contribution in [3.05, 3.63) is 23.8 Å². The number of hydrogen-bond acceptors (Lipinski definition) is 5. The number of allylic oxidation sites excluding steroid dienone is 1. The Hall–Kier alpha value is -2.11. The normalized spacial score (nSPS) is 10.9. The SMILES string of the molecule is C=C(C)C(=O)OCCOC(=O)C(C)(C)C.CC=C(C)C(=O)O. The molecule has 0 amide bonds. The van der Waals surface area contributed by atoms with Gasteiger partial charge in [-0.05, 0) is 41.5 Å². The Morgan fingerprint density at radius 3 is 1.82 bits per heavy atom. The van der Waals surface area contributed by atoms with E-state index in [1.54, 1.807) is 47.6 Å². The molecule has 0 spiro atoms. The maximum Gasteiger partial charge on any atom is 0.333 e. The first-order chi connectivity index (χ1) is 9.93. The summed E-state index contributed by atoms with van der Waals surface area (Å²) in [5.74, 6) is -1.63. The van der Waals surface area contributed by atoms with Crippen LogP contribution in [0.3, 0.4) is 0 Å². The van der Waals surface area contributed by atoms with E-state index in [0.29, 0.717) is 11.1 Å². The van der Waals surface area contributed by atoms with Crippen molar-refractivity contribution in [3.8, 4) is 0 Å². The molecule has 0 aromatic carbocycles. The number of carboxylic acid groups (broad SMARTS) is 1. The van der Waals surface area contributed by atoms with Crippen LogP contribution in [-0.2, 0) is 23.9 Å². The molecule has 126 valence electrons. The van der Waals surface area contributed by atoms with Crippen molar-refractivity contribution in [2.24, 2.45) is 5.41 Å². The van der Waals surface area contributed by atoms with Crippen LogP contribution in [0.25, 0.3) is 0 Å². The zero-order chi connectivity index (χ0) is 17.9. The van der Waals surface area contributed by atoms with Crippen LogP contribution in [0.2, 0.25) is 0 Å². The molecule has 0 aliphatic carbocycles. The van der Waals surface area contributed by atoms with Crippen molar-refractivity contribution in [1.29, 1.82) is 0 Å². The highest BCUT2D eigenvalue weighted by atomic mass is 16.6. The Labute approximate surface area is 131 Å². The molecule has 6 heteroatoms. The number of esters is 2. The minimum absolute atomic E-state index is 0.0630. The molecule has 0 fully saturated rings. The van der Waals surface area contributed by atoms with Crippen molar-refractivity contribution in [3.63, 3.8) is 0 Å². The highest BCUT2D eigenvalue weighted by molar-refractivity contribution is 5.87. The third-order valence-electron chi connectivity index (χ3n) is 2.28. The second-order valence-electron chi connectivity index (χ2n) is 5.58. The summed E-state index contributed by atoms with van der Waals surface area (Å²) >= 11 is 0. The number of carboxylic acids is 1. The van der Waals surface area contributed by atoms with E-state index >= 15 is 0 Å². The average Bonchev–Trinajstić information content (AvgIpc) is 2.41. The van der Waals surface area contributed by atoms with Gasteiger partial charge in [0, 0.05) is 11.1 Å². The van der Waals surface area contributed by atoms with E-state index in [1.807, 2.05) is 0 Å². The van der Waals surface area contributed by atoms with Crippen molar-refractivity contribution in [2.45, 2.75) is 41.5 Å². The third-order valence-corrected chi connectivity index (χ3v) is 2.28. The van der Waals surface area contributed by atoms with Gasteiger partial charge in [-0.3, -0.25) is 4.79 Å². The summed E-state index contributed by atoms with van der Waals surface area (Å²) in [4.78, 5) is 32.0. The van der Waals surface area contributed by atoms with E-state index in [9.17, 15) is 14.4 Å². The van der Waals surface area contributed by atoms with Gasteiger partial charge in [-0.15, -0.1) is 0 Å². The molecule has 0 aromatic heterocycles. The molecule has 0 aromatic rings. The predicted octanol–water partition coefficient (Wildman–Crippen LogP) is 2.73. The van der Waals surface area contributed by atoms with Crippen LogP contribution in [0.5, 0.6) is 0 Å². The first-order valence-corrected chi connectivity index (χ1v) is 6.79. The van der Waals surface area contributed by atoms with Crippen LogP contribution < -0.4 is 0 Å². The molecule has 0 heterocycles. The van der Waals surface area contributed by atoms with Gasteiger partial charge in [-0.2, -0.15) is 0 Å². The Bertz CT molecular complexity index is 440. The Kier molecular flexibility index (Phi) is 10.7. The maximum atomic E-state index is 11.3. The molecule has 0 rings (SSSR count). The Morgan fingerprint density at radius 1 is 1.09 bits per heavy atom. The molecule has 0 bridgehead atoms. The second kappa shape index (κ2) is 10.6. The molecule has 0 saturated carbocycles. The van der Waals surface area contributed by atoms with Gasteiger partial charge in [0.15, 0.2) is 0 Å². The quantitative estimate of drug-likeness (QED) is 0.477. The van der Waals surface area contributed by atoms with E-state index in [2.05, 4.69) is 6.58 Å². The number of carbonyl (C=O) groups is 3. The van der Waals surface area contributed by atoms with E-state index in [4.69, 9.17) is 14.6 Å². The maximum absolute atomic E-state index is 11.3. The van der Waals surface area contributed by atoms with Crippen molar-refractivity contribution in [2.75, 3.05) is 13.2 Å². The fourth-order valence-corrected chi connectivity index (χ4v) is 0.732. The monoisotopic (exact) mass is 314 g/mol. The fraction of sp³-hybridized carbons (Fsp3) is 0.562. The summed E-state index contributed by atoms with van der Waals surface area (Å²) in [6, 6.07) is 0. The van der Waals surface area contributed by atoms with Gasteiger partial charge in [-0.25, -0.2) is 9.59 Å². The van der Waals surface area contributed by atoms with Crippen LogP contribution in [0.4, 0.5) is 0 Å². The number of ether oxygens (including phenoxy) is 2. The molecule has 0 saturated heterocycles. The van der Waals surface area contributed by atoms with Crippen molar-refractivity contribution < 1.29 is 29.0 Å². The van der Waals surface area contributed by atoms with Gasteiger partial charge in [0.25, 0.3) is 0 Å². The van der Waals surface area contributed by atoms with Crippen LogP contribution in [0.1, 0.15) is 41.5 Å². The Balaban J connectivity index is 0. The highest BCUT2D eigenvalue weighted by Gasteiger charge is 2.22. The molecule has 0 atom stereocenters. The minimum atomic E-state index is -0.845. The minimum Gasteiger partial charge on any atom is -0.478 e. The van der Waals surface area contributed by atoms with Gasteiger partial charge in [0.1, 0.15) is 13.2 Å². The van der Waals surface area contributed by atoms with Gasteiger partial charge in [0.2, 0.25) is 0 Å². The summed E-state index contributed by atoms with van der Waals surface area (Å²) in [5.41, 5.74) is 0.190. The summed E-state index contributed by atoms with van der Waals surface area (Å²) < 4.78 is 9.64. The van der Waals surface area contributed by atoms with E-state index in [1.165, 1.54) is 0 Å². The lowest BCUT2D eigenvalue weighted by Gasteiger charge is -2.16. The summed E-state index contributed by atoms with van der Waals surface area (Å²) in [6.07, 6.45) is 1.56. The standard InChI is InChI=1S/C11H18O4.C5H8O2/c1-8(2)9(12)14-6-7-15-10(13)11(3,4)5;1-3-4(2)5(6)7/h1,6-7H2,2-5H3;3H,1-2H3,(H,6,7). The van der Waals surface area contributed by atoms with Crippen LogP contribution >= 0.6 is 0 Å². The fourth-order valence-electron chi connectivity index (χ4n) is 0.732. The molecule has 0 unspecified atom stereocenters. The number of hydrogen-bond donors (Lipinski definition) is 1. The molecule has 0 aliphatic rings. The summed E-state index contributed by atoms with van der Waals surface area (Å²) in [5, 5.41) is 8.11. The van der Waals surface area contributed by atoms with Crippen LogP contribution in [-0.4, -0.2) is 36.2 Å². The third kappa shape index (κ3) is 11.7. The molecule has 22 heavy (non-hydrogen) atoms. The van der Waals surface area contributed by atoms with E-state index in [0.717, 1.165) is 0 Å². The second-order valence-corrected chi connectivity index (χ2v) is 5.58. The summed E-state index contributed by atoms with van der Waals surface area (Å²) in [6.45, 7) is 13.7. The first kappa shape index (κ1) is 22.2. The first-order valence-electron chi connectivity index (χ1n) is 6.79. The molecule has 1 N–H and O–H groups in total. The van der Waals surface area contributed by atoms with Crippen molar-refractivity contribution in [1.82, 2.24) is 0 Å². The van der Waals surface area contributed by atoms with Crippen LogP contribution in [0.15, 0.2) is 23.8 Å². The number of aliphatic carboxylic acids is 1. The summed E-state index contributed by atoms with van der Waals surface area (Å²) in [7, 11) is 0. The number of carbonyl (C=O) groups excluding carboxylic acids is 2. The molecule has 0 aliphatic heterocycles. The lowest BCUT2D eigenvalue weighted by atomic mass is 9.97. The van der Waals surface area contributed by atoms with E-state index < -0.39 is 17.4 Å². The number of rotatable bonds is 5. The Morgan fingerprint density at radius 2 is 1.55 bits per heavy atom. The zero-order valence-corrected chi connectivity index (χ0v) is 14.2. The van der Waals surface area contributed by atoms with Gasteiger partial charge in [0.05, 0.1) is 5.41 Å². The van der Waals surface area contributed by atoms with Gasteiger partial charge >= 0.3 is 17.9 Å². The van der Waals surface area contributed by atoms with Gasteiger partial charge < -0.3 is 14.6 Å². The van der Waals surface area contributed by atoms with Crippen LogP contribution in [0, 0.1) is 5.41 Å².